The summed E-state index contributed by atoms with van der Waals surface area (Å²) in [7, 11) is 0. The molecule has 1 amide bonds. The van der Waals surface area contributed by atoms with E-state index in [9.17, 15) is 4.79 Å². The van der Waals surface area contributed by atoms with Gasteiger partial charge in [0.05, 0.1) is 18.7 Å². The number of nitrogens with one attached hydrogen (secondary N) is 2. The average Bonchev–Trinajstić information content (AvgIpc) is 2.65. The summed E-state index contributed by atoms with van der Waals surface area (Å²) < 4.78 is 0. The zero-order valence-corrected chi connectivity index (χ0v) is 8.73. The van der Waals surface area contributed by atoms with Gasteiger partial charge in [-0.2, -0.15) is 5.26 Å². The predicted molar refractivity (Wildman–Crippen MR) is 59.4 cm³/mol. The fourth-order valence-corrected chi connectivity index (χ4v) is 1.67. The molecule has 0 fully saturated rings. The van der Waals surface area contributed by atoms with Gasteiger partial charge in [0.2, 0.25) is 5.91 Å². The number of rotatable bonds is 4. The summed E-state index contributed by atoms with van der Waals surface area (Å²) >= 11 is 1.32. The second-order valence-electron chi connectivity index (χ2n) is 2.63. The Hall–Kier alpha value is -1.82. The molecular weight excluding hydrogens is 210 g/mol. The minimum atomic E-state index is -0.204. The Morgan fingerprint density at radius 2 is 2.47 bits per heavy atom. The largest absolute Gasteiger partial charge is 0.315 e. The van der Waals surface area contributed by atoms with Gasteiger partial charge in [-0.3, -0.25) is 10.1 Å². The van der Waals surface area contributed by atoms with Crippen LogP contribution in [0.2, 0.25) is 0 Å². The predicted octanol–water partition coefficient (Wildman–Crippen LogP) is 0.781. The molecule has 2 N–H and O–H groups in total. The number of anilines is 1. The van der Waals surface area contributed by atoms with Crippen molar-refractivity contribution in [3.05, 3.63) is 17.0 Å². The Morgan fingerprint density at radius 1 is 1.67 bits per heavy atom. The Morgan fingerprint density at radius 3 is 3.13 bits per heavy atom. The number of carbonyl (C=O) groups is 1. The van der Waals surface area contributed by atoms with E-state index in [2.05, 4.69) is 16.6 Å². The molecule has 0 aliphatic rings. The zero-order chi connectivity index (χ0) is 11.1. The van der Waals surface area contributed by atoms with Crippen molar-refractivity contribution in [1.29, 1.82) is 5.26 Å². The first-order valence-corrected chi connectivity index (χ1v) is 5.07. The molecule has 1 rings (SSSR count). The van der Waals surface area contributed by atoms with Crippen molar-refractivity contribution in [1.82, 2.24) is 5.32 Å². The Kier molecular flexibility index (Phi) is 4.36. The summed E-state index contributed by atoms with van der Waals surface area (Å²) in [5, 5.41) is 16.4. The van der Waals surface area contributed by atoms with E-state index in [-0.39, 0.29) is 12.5 Å². The van der Waals surface area contributed by atoms with Crippen LogP contribution in [0, 0.1) is 23.7 Å². The van der Waals surface area contributed by atoms with Crippen molar-refractivity contribution in [3.63, 3.8) is 0 Å². The molecule has 0 aromatic carbocycles. The quantitative estimate of drug-likeness (QED) is 0.581. The van der Waals surface area contributed by atoms with Gasteiger partial charge in [-0.15, -0.1) is 17.8 Å². The van der Waals surface area contributed by atoms with Crippen molar-refractivity contribution >= 4 is 22.2 Å². The molecular formula is C10H9N3OS. The van der Waals surface area contributed by atoms with Crippen LogP contribution in [-0.2, 0) is 4.79 Å². The van der Waals surface area contributed by atoms with Gasteiger partial charge in [-0.1, -0.05) is 5.92 Å². The second kappa shape index (κ2) is 5.82. The molecule has 0 radical (unpaired) electrons. The third-order valence-corrected chi connectivity index (χ3v) is 2.38. The fourth-order valence-electron chi connectivity index (χ4n) is 0.913. The molecule has 0 aliphatic heterocycles. The third kappa shape index (κ3) is 3.43. The van der Waals surface area contributed by atoms with Gasteiger partial charge in [-0.25, -0.2) is 0 Å². The van der Waals surface area contributed by atoms with Crippen LogP contribution in [0.25, 0.3) is 0 Å². The SMILES string of the molecule is C#CCNCC(=O)Nc1sccc1C#N. The monoisotopic (exact) mass is 219 g/mol. The molecule has 1 aromatic rings. The molecule has 1 aromatic heterocycles. The Bertz CT molecular complexity index is 425. The maximum Gasteiger partial charge on any atom is 0.238 e. The third-order valence-electron chi connectivity index (χ3n) is 1.55. The van der Waals surface area contributed by atoms with E-state index in [1.807, 2.05) is 6.07 Å². The minimum Gasteiger partial charge on any atom is -0.315 e. The van der Waals surface area contributed by atoms with Gasteiger partial charge in [0.1, 0.15) is 11.1 Å². The number of terminal acetylenes is 1. The lowest BCUT2D eigenvalue weighted by Crippen LogP contribution is -2.28. The molecule has 76 valence electrons. The lowest BCUT2D eigenvalue weighted by Gasteiger charge is -2.02. The van der Waals surface area contributed by atoms with Crippen LogP contribution in [0.15, 0.2) is 11.4 Å². The van der Waals surface area contributed by atoms with E-state index in [0.717, 1.165) is 0 Å². The highest BCUT2D eigenvalue weighted by molar-refractivity contribution is 7.14. The number of carbonyl (C=O) groups excluding carboxylic acids is 1. The van der Waals surface area contributed by atoms with Gasteiger partial charge in [0, 0.05) is 0 Å². The number of hydrogen-bond acceptors (Lipinski definition) is 4. The Labute approximate surface area is 91.9 Å². The highest BCUT2D eigenvalue weighted by atomic mass is 32.1. The van der Waals surface area contributed by atoms with Crippen molar-refractivity contribution < 1.29 is 4.79 Å². The number of hydrogen-bond donors (Lipinski definition) is 2. The van der Waals surface area contributed by atoms with Crippen LogP contribution in [0.4, 0.5) is 5.00 Å². The topological polar surface area (TPSA) is 64.9 Å². The molecule has 0 unspecified atom stereocenters. The fraction of sp³-hybridized carbons (Fsp3) is 0.200. The zero-order valence-electron chi connectivity index (χ0n) is 7.91. The van der Waals surface area contributed by atoms with Crippen LogP contribution in [0.1, 0.15) is 5.56 Å². The lowest BCUT2D eigenvalue weighted by molar-refractivity contribution is -0.115. The maximum atomic E-state index is 11.3. The van der Waals surface area contributed by atoms with Crippen molar-refractivity contribution in [2.45, 2.75) is 0 Å². The van der Waals surface area contributed by atoms with Crippen molar-refractivity contribution in [2.75, 3.05) is 18.4 Å². The van der Waals surface area contributed by atoms with Crippen molar-refractivity contribution in [3.8, 4) is 18.4 Å². The highest BCUT2D eigenvalue weighted by Gasteiger charge is 2.06. The van der Waals surface area contributed by atoms with E-state index in [4.69, 9.17) is 11.7 Å². The second-order valence-corrected chi connectivity index (χ2v) is 3.55. The summed E-state index contributed by atoms with van der Waals surface area (Å²) in [6.07, 6.45) is 5.01. The van der Waals surface area contributed by atoms with E-state index in [1.54, 1.807) is 11.4 Å². The minimum absolute atomic E-state index is 0.146. The van der Waals surface area contributed by atoms with E-state index >= 15 is 0 Å². The number of thiophene rings is 1. The molecule has 15 heavy (non-hydrogen) atoms. The molecule has 4 nitrogen and oxygen atoms in total. The normalized spacial score (nSPS) is 8.93. The van der Waals surface area contributed by atoms with Gasteiger partial charge >= 0.3 is 0 Å². The number of nitrogens with zero attached hydrogens (tertiary/aromatic N) is 1. The molecule has 0 atom stereocenters. The van der Waals surface area contributed by atoms with Crippen LogP contribution in [0.5, 0.6) is 0 Å². The molecule has 0 spiro atoms. The molecule has 1 heterocycles. The smallest absolute Gasteiger partial charge is 0.238 e. The molecule has 0 aliphatic carbocycles. The van der Waals surface area contributed by atoms with Gasteiger partial charge in [0.15, 0.2) is 0 Å². The maximum absolute atomic E-state index is 11.3. The first-order chi connectivity index (χ1) is 7.27. The molecule has 0 bridgehead atoms. The highest BCUT2D eigenvalue weighted by Crippen LogP contribution is 2.21. The van der Waals surface area contributed by atoms with E-state index in [1.165, 1.54) is 11.3 Å². The first-order valence-electron chi connectivity index (χ1n) is 4.19. The Balaban J connectivity index is 2.46. The average molecular weight is 219 g/mol. The summed E-state index contributed by atoms with van der Waals surface area (Å²) in [5.41, 5.74) is 0.477. The number of nitriles is 1. The van der Waals surface area contributed by atoms with Crippen molar-refractivity contribution in [2.24, 2.45) is 0 Å². The van der Waals surface area contributed by atoms with Gasteiger partial charge < -0.3 is 5.32 Å². The van der Waals surface area contributed by atoms with Crippen LogP contribution < -0.4 is 10.6 Å². The number of amides is 1. The van der Waals surface area contributed by atoms with Gasteiger partial charge in [-0.05, 0) is 11.4 Å². The molecule has 0 saturated heterocycles. The van der Waals surface area contributed by atoms with Crippen LogP contribution in [-0.4, -0.2) is 19.0 Å². The van der Waals surface area contributed by atoms with Crippen LogP contribution >= 0.6 is 11.3 Å². The standard InChI is InChI=1S/C10H9N3OS/c1-2-4-12-7-9(14)13-10-8(6-11)3-5-15-10/h1,3,5,12H,4,7H2,(H,13,14). The summed E-state index contributed by atoms with van der Waals surface area (Å²) in [6.45, 7) is 0.496. The van der Waals surface area contributed by atoms with E-state index in [0.29, 0.717) is 17.1 Å². The summed E-state index contributed by atoms with van der Waals surface area (Å²) in [6, 6.07) is 3.65. The summed E-state index contributed by atoms with van der Waals surface area (Å²) in [4.78, 5) is 11.3. The summed E-state index contributed by atoms with van der Waals surface area (Å²) in [5.74, 6) is 2.16. The van der Waals surface area contributed by atoms with Gasteiger partial charge in [0.25, 0.3) is 0 Å². The molecule has 5 heteroatoms. The first kappa shape index (κ1) is 11.3. The lowest BCUT2D eigenvalue weighted by atomic mass is 10.3. The van der Waals surface area contributed by atoms with Crippen LogP contribution in [0.3, 0.4) is 0 Å². The van der Waals surface area contributed by atoms with E-state index < -0.39 is 0 Å². The molecule has 0 saturated carbocycles.